The van der Waals surface area contributed by atoms with Crippen LogP contribution in [0.15, 0.2) is 43.0 Å². The van der Waals surface area contributed by atoms with Gasteiger partial charge >= 0.3 is 11.9 Å². The molecule has 0 heterocycles. The normalized spacial score (nSPS) is 10.6. The minimum atomic E-state index is -0.591. The van der Waals surface area contributed by atoms with Crippen molar-refractivity contribution in [3.63, 3.8) is 0 Å². The minimum Gasteiger partial charge on any atom is -0.461 e. The molecule has 1 aromatic rings. The van der Waals surface area contributed by atoms with Gasteiger partial charge in [0.15, 0.2) is 5.78 Å². The molecule has 1 aromatic carbocycles. The van der Waals surface area contributed by atoms with Crippen molar-refractivity contribution in [1.29, 1.82) is 0 Å². The quantitative estimate of drug-likeness (QED) is 0.319. The summed E-state index contributed by atoms with van der Waals surface area (Å²) in [4.78, 5) is 34.5. The molecule has 0 aliphatic heterocycles. The van der Waals surface area contributed by atoms with Gasteiger partial charge in [0.1, 0.15) is 13.0 Å². The van der Waals surface area contributed by atoms with Crippen molar-refractivity contribution in [3.8, 4) is 0 Å². The van der Waals surface area contributed by atoms with Gasteiger partial charge in [0.25, 0.3) is 0 Å². The summed E-state index contributed by atoms with van der Waals surface area (Å²) in [5.74, 6) is -1.34. The molecule has 5 nitrogen and oxygen atoms in total. The molecule has 0 unspecified atom stereocenters. The van der Waals surface area contributed by atoms with Crippen LogP contribution in [0.2, 0.25) is 0 Å². The lowest BCUT2D eigenvalue weighted by atomic mass is 10.1. The average molecular weight is 316 g/mol. The Morgan fingerprint density at radius 3 is 2.39 bits per heavy atom. The van der Waals surface area contributed by atoms with Crippen molar-refractivity contribution in [1.82, 2.24) is 0 Å². The van der Waals surface area contributed by atoms with Crippen LogP contribution < -0.4 is 0 Å². The van der Waals surface area contributed by atoms with Crippen molar-refractivity contribution < 1.29 is 23.9 Å². The van der Waals surface area contributed by atoms with Gasteiger partial charge < -0.3 is 9.47 Å². The Morgan fingerprint density at radius 1 is 1.17 bits per heavy atom. The summed E-state index contributed by atoms with van der Waals surface area (Å²) in [6, 6.07) is 6.62. The van der Waals surface area contributed by atoms with Gasteiger partial charge in [0, 0.05) is 0 Å². The molecule has 0 aliphatic rings. The zero-order chi connectivity index (χ0) is 17.2. The van der Waals surface area contributed by atoms with Crippen molar-refractivity contribution in [3.05, 3.63) is 54.1 Å². The van der Waals surface area contributed by atoms with E-state index in [1.807, 2.05) is 0 Å². The minimum absolute atomic E-state index is 0.0871. The molecule has 5 heteroatoms. The number of rotatable bonds is 8. The van der Waals surface area contributed by atoms with E-state index in [0.29, 0.717) is 5.56 Å². The maximum atomic E-state index is 11.7. The van der Waals surface area contributed by atoms with E-state index in [0.717, 1.165) is 5.56 Å². The Kier molecular flexibility index (Phi) is 7.47. The fraction of sp³-hybridized carbons (Fsp3) is 0.278. The van der Waals surface area contributed by atoms with Gasteiger partial charge in [-0.05, 0) is 37.6 Å². The third-order valence-electron chi connectivity index (χ3n) is 2.63. The van der Waals surface area contributed by atoms with E-state index < -0.39 is 11.9 Å². The summed E-state index contributed by atoms with van der Waals surface area (Å²) in [6.07, 6.45) is 3.81. The average Bonchev–Trinajstić information content (AvgIpc) is 2.50. The predicted molar refractivity (Wildman–Crippen MR) is 86.8 cm³/mol. The second-order valence-electron chi connectivity index (χ2n) is 5.02. The number of carbonyl (C=O) groups is 3. The monoisotopic (exact) mass is 316 g/mol. The van der Waals surface area contributed by atoms with Gasteiger partial charge in [0.05, 0.1) is 11.7 Å². The zero-order valence-electron chi connectivity index (χ0n) is 13.3. The SMILES string of the molecule is C=CCOC(=O)CC(=O)C=Cc1ccc(C(=O)OC(C)C)cc1. The molecule has 0 amide bonds. The first-order valence-corrected chi connectivity index (χ1v) is 7.21. The number of ketones is 1. The molecule has 0 aromatic heterocycles. The van der Waals surface area contributed by atoms with Crippen LogP contribution in [-0.4, -0.2) is 30.4 Å². The molecule has 23 heavy (non-hydrogen) atoms. The Balaban J connectivity index is 2.57. The highest BCUT2D eigenvalue weighted by Crippen LogP contribution is 2.09. The van der Waals surface area contributed by atoms with E-state index in [-0.39, 0.29) is 24.9 Å². The fourth-order valence-corrected chi connectivity index (χ4v) is 1.61. The largest absolute Gasteiger partial charge is 0.461 e. The van der Waals surface area contributed by atoms with E-state index in [9.17, 15) is 14.4 Å². The first-order chi connectivity index (χ1) is 10.9. The molecule has 0 N–H and O–H groups in total. The Labute approximate surface area is 135 Å². The number of hydrogen-bond donors (Lipinski definition) is 0. The molecule has 0 saturated carbocycles. The van der Waals surface area contributed by atoms with Crippen LogP contribution >= 0.6 is 0 Å². The first-order valence-electron chi connectivity index (χ1n) is 7.21. The Morgan fingerprint density at radius 2 is 1.83 bits per heavy atom. The van der Waals surface area contributed by atoms with Crippen molar-refractivity contribution in [2.45, 2.75) is 26.4 Å². The molecular weight excluding hydrogens is 296 g/mol. The van der Waals surface area contributed by atoms with Gasteiger partial charge in [-0.3, -0.25) is 9.59 Å². The number of carbonyl (C=O) groups excluding carboxylic acids is 3. The van der Waals surface area contributed by atoms with Gasteiger partial charge in [-0.15, -0.1) is 0 Å². The molecule has 1 rings (SSSR count). The molecule has 0 atom stereocenters. The summed E-state index contributed by atoms with van der Waals surface area (Å²) in [5.41, 5.74) is 1.18. The number of hydrogen-bond acceptors (Lipinski definition) is 5. The Bertz CT molecular complexity index is 596. The number of allylic oxidation sites excluding steroid dienone is 1. The smallest absolute Gasteiger partial charge is 0.338 e. The van der Waals surface area contributed by atoms with E-state index in [4.69, 9.17) is 9.47 Å². The number of benzene rings is 1. The summed E-state index contributed by atoms with van der Waals surface area (Å²) < 4.78 is 9.81. The molecule has 0 spiro atoms. The van der Waals surface area contributed by atoms with Gasteiger partial charge in [0.2, 0.25) is 0 Å². The first kappa shape index (κ1) is 18.4. The topological polar surface area (TPSA) is 69.7 Å². The second-order valence-corrected chi connectivity index (χ2v) is 5.02. The van der Waals surface area contributed by atoms with Crippen LogP contribution in [-0.2, 0) is 19.1 Å². The van der Waals surface area contributed by atoms with Crippen LogP contribution in [0.4, 0.5) is 0 Å². The molecule has 122 valence electrons. The molecule has 0 saturated heterocycles. The van der Waals surface area contributed by atoms with Gasteiger partial charge in [-0.2, -0.15) is 0 Å². The highest BCUT2D eigenvalue weighted by Gasteiger charge is 2.09. The lowest BCUT2D eigenvalue weighted by Crippen LogP contribution is -2.11. The number of esters is 2. The van der Waals surface area contributed by atoms with Gasteiger partial charge in [-0.25, -0.2) is 4.79 Å². The lowest BCUT2D eigenvalue weighted by molar-refractivity contribution is -0.144. The summed E-state index contributed by atoms with van der Waals surface area (Å²) in [5, 5.41) is 0. The summed E-state index contributed by atoms with van der Waals surface area (Å²) in [7, 11) is 0. The second kappa shape index (κ2) is 9.35. The molecule has 0 aliphatic carbocycles. The van der Waals surface area contributed by atoms with Crippen LogP contribution in [0.3, 0.4) is 0 Å². The highest BCUT2D eigenvalue weighted by atomic mass is 16.5. The third-order valence-corrected chi connectivity index (χ3v) is 2.63. The summed E-state index contributed by atoms with van der Waals surface area (Å²) >= 11 is 0. The maximum absolute atomic E-state index is 11.7. The lowest BCUT2D eigenvalue weighted by Gasteiger charge is -2.07. The third kappa shape index (κ3) is 7.22. The van der Waals surface area contributed by atoms with Crippen LogP contribution in [0, 0.1) is 0 Å². The number of ether oxygens (including phenoxy) is 2. The fourth-order valence-electron chi connectivity index (χ4n) is 1.61. The molecule has 0 bridgehead atoms. The summed E-state index contributed by atoms with van der Waals surface area (Å²) in [6.45, 7) is 7.06. The van der Waals surface area contributed by atoms with Gasteiger partial charge in [-0.1, -0.05) is 30.9 Å². The Hall–Kier alpha value is -2.69. The van der Waals surface area contributed by atoms with Crippen LogP contribution in [0.1, 0.15) is 36.2 Å². The van der Waals surface area contributed by atoms with Crippen molar-refractivity contribution in [2.75, 3.05) is 6.61 Å². The predicted octanol–water partition coefficient (Wildman–Crippen LogP) is 2.95. The maximum Gasteiger partial charge on any atom is 0.338 e. The van der Waals surface area contributed by atoms with E-state index in [1.54, 1.807) is 44.2 Å². The van der Waals surface area contributed by atoms with E-state index in [1.165, 1.54) is 12.2 Å². The highest BCUT2D eigenvalue weighted by molar-refractivity contribution is 6.04. The zero-order valence-corrected chi connectivity index (χ0v) is 13.3. The van der Waals surface area contributed by atoms with Crippen molar-refractivity contribution in [2.24, 2.45) is 0 Å². The standard InChI is InChI=1S/C18H20O5/c1-4-11-22-17(20)12-16(19)10-7-14-5-8-15(9-6-14)18(21)23-13(2)3/h4-10,13H,1,11-12H2,2-3H3. The van der Waals surface area contributed by atoms with E-state index >= 15 is 0 Å². The molecule has 0 radical (unpaired) electrons. The van der Waals surface area contributed by atoms with Crippen LogP contribution in [0.5, 0.6) is 0 Å². The van der Waals surface area contributed by atoms with Crippen LogP contribution in [0.25, 0.3) is 6.08 Å². The van der Waals surface area contributed by atoms with E-state index in [2.05, 4.69) is 6.58 Å². The molecule has 0 fully saturated rings. The molecular formula is C18H20O5. The van der Waals surface area contributed by atoms with Crippen molar-refractivity contribution >= 4 is 23.8 Å².